The lowest BCUT2D eigenvalue weighted by atomic mass is 10.1. The van der Waals surface area contributed by atoms with Gasteiger partial charge in [0.1, 0.15) is 22.7 Å². The maximum absolute atomic E-state index is 12.0. The van der Waals surface area contributed by atoms with Crippen molar-refractivity contribution in [2.45, 2.75) is 13.3 Å². The summed E-state index contributed by atoms with van der Waals surface area (Å²) in [4.78, 5) is 20.5. The van der Waals surface area contributed by atoms with E-state index < -0.39 is 5.97 Å². The second-order valence-electron chi connectivity index (χ2n) is 4.74. The van der Waals surface area contributed by atoms with Crippen LogP contribution >= 0.6 is 0 Å². The molecule has 0 saturated heterocycles. The quantitative estimate of drug-likeness (QED) is 0.634. The predicted molar refractivity (Wildman–Crippen MR) is 88.3 cm³/mol. The first kappa shape index (κ1) is 17.3. The second kappa shape index (κ2) is 7.97. The van der Waals surface area contributed by atoms with Gasteiger partial charge in [-0.2, -0.15) is 0 Å². The minimum Gasteiger partial charge on any atom is -0.496 e. The van der Waals surface area contributed by atoms with Gasteiger partial charge in [0.2, 0.25) is 5.88 Å². The van der Waals surface area contributed by atoms with Crippen molar-refractivity contribution >= 4 is 5.97 Å². The van der Waals surface area contributed by atoms with Gasteiger partial charge in [0.05, 0.1) is 21.3 Å². The van der Waals surface area contributed by atoms with E-state index in [-0.39, 0.29) is 22.9 Å². The molecule has 0 saturated carbocycles. The Hall–Kier alpha value is -3.07. The highest BCUT2D eigenvalue weighted by molar-refractivity contribution is 5.95. The highest BCUT2D eigenvalue weighted by Gasteiger charge is 2.20. The lowest BCUT2D eigenvalue weighted by molar-refractivity contribution is 0.0596. The maximum Gasteiger partial charge on any atom is 0.344 e. The Morgan fingerprint density at radius 2 is 1.96 bits per heavy atom. The molecule has 0 aliphatic carbocycles. The summed E-state index contributed by atoms with van der Waals surface area (Å²) in [6, 6.07) is 5.28. The van der Waals surface area contributed by atoms with E-state index in [1.54, 1.807) is 6.20 Å². The van der Waals surface area contributed by atoms with Crippen molar-refractivity contribution in [3.63, 3.8) is 0 Å². The van der Waals surface area contributed by atoms with Crippen molar-refractivity contribution in [2.75, 3.05) is 21.3 Å². The Labute approximate surface area is 140 Å². The van der Waals surface area contributed by atoms with E-state index in [0.717, 1.165) is 12.0 Å². The lowest BCUT2D eigenvalue weighted by Crippen LogP contribution is -2.09. The van der Waals surface area contributed by atoms with E-state index in [4.69, 9.17) is 14.2 Å². The zero-order chi connectivity index (χ0) is 17.5. The van der Waals surface area contributed by atoms with E-state index in [1.165, 1.54) is 27.4 Å². The molecule has 0 atom stereocenters. The van der Waals surface area contributed by atoms with Crippen LogP contribution in [0.2, 0.25) is 0 Å². The number of aryl methyl sites for hydroxylation is 1. The molecule has 0 N–H and O–H groups in total. The number of carbonyl (C=O) groups is 1. The molecule has 0 aliphatic rings. The fourth-order valence-electron chi connectivity index (χ4n) is 1.99. The highest BCUT2D eigenvalue weighted by Crippen LogP contribution is 2.26. The van der Waals surface area contributed by atoms with Crippen molar-refractivity contribution in [3.8, 4) is 23.5 Å². The minimum atomic E-state index is -0.583. The van der Waals surface area contributed by atoms with Gasteiger partial charge in [-0.05, 0) is 29.9 Å². The van der Waals surface area contributed by atoms with Gasteiger partial charge in [0.15, 0.2) is 0 Å². The number of aromatic nitrogens is 2. The largest absolute Gasteiger partial charge is 0.496 e. The number of hydrogen-bond acceptors (Lipinski definition) is 6. The molecule has 6 nitrogen and oxygen atoms in total. The van der Waals surface area contributed by atoms with Gasteiger partial charge in [-0.3, -0.25) is 0 Å². The van der Waals surface area contributed by atoms with Crippen LogP contribution in [0.25, 0.3) is 0 Å². The van der Waals surface area contributed by atoms with E-state index in [0.29, 0.717) is 5.69 Å². The predicted octanol–water partition coefficient (Wildman–Crippen LogP) is 2.24. The summed E-state index contributed by atoms with van der Waals surface area (Å²) in [5.74, 6) is 5.73. The Kier molecular flexibility index (Phi) is 5.74. The Balaban J connectivity index is 2.51. The van der Waals surface area contributed by atoms with Crippen molar-refractivity contribution < 1.29 is 19.0 Å². The molecule has 0 bridgehead atoms. The van der Waals surface area contributed by atoms with Gasteiger partial charge >= 0.3 is 5.97 Å². The molecule has 2 heterocycles. The van der Waals surface area contributed by atoms with Gasteiger partial charge < -0.3 is 14.2 Å². The van der Waals surface area contributed by atoms with Crippen molar-refractivity contribution in [1.29, 1.82) is 0 Å². The van der Waals surface area contributed by atoms with Crippen molar-refractivity contribution in [3.05, 3.63) is 46.9 Å². The Bertz CT molecular complexity index is 789. The van der Waals surface area contributed by atoms with Crippen LogP contribution in [-0.4, -0.2) is 37.3 Å². The lowest BCUT2D eigenvalue weighted by Gasteiger charge is -2.10. The molecule has 2 aromatic rings. The Morgan fingerprint density at radius 3 is 2.50 bits per heavy atom. The standard InChI is InChI=1S/C18H18N2O4/c1-5-12-6-7-13(19-11-12)8-9-14-17(18(21)24-4)15(22-2)10-16(20-14)23-3/h6-7,10-11H,5H2,1-4H3. The summed E-state index contributed by atoms with van der Waals surface area (Å²) in [5.41, 5.74) is 2.06. The molecule has 0 amide bonds. The molecule has 0 aromatic carbocycles. The number of methoxy groups -OCH3 is 3. The van der Waals surface area contributed by atoms with E-state index in [2.05, 4.69) is 28.7 Å². The number of rotatable bonds is 4. The minimum absolute atomic E-state index is 0.151. The molecule has 124 valence electrons. The molecule has 2 rings (SSSR count). The number of hydrogen-bond donors (Lipinski definition) is 0. The van der Waals surface area contributed by atoms with E-state index in [1.807, 2.05) is 12.1 Å². The second-order valence-corrected chi connectivity index (χ2v) is 4.74. The van der Waals surface area contributed by atoms with E-state index >= 15 is 0 Å². The molecule has 0 radical (unpaired) electrons. The van der Waals surface area contributed by atoms with Crippen LogP contribution in [0.4, 0.5) is 0 Å². The number of carbonyl (C=O) groups excluding carboxylic acids is 1. The molecule has 0 unspecified atom stereocenters. The van der Waals surface area contributed by atoms with Crippen LogP contribution < -0.4 is 9.47 Å². The normalized spacial score (nSPS) is 9.67. The zero-order valence-corrected chi connectivity index (χ0v) is 14.0. The number of pyridine rings is 2. The van der Waals surface area contributed by atoms with Gasteiger partial charge in [0, 0.05) is 12.3 Å². The topological polar surface area (TPSA) is 70.5 Å². The summed E-state index contributed by atoms with van der Waals surface area (Å²) >= 11 is 0. The SMILES string of the molecule is CCc1ccc(C#Cc2nc(OC)cc(OC)c2C(=O)OC)nc1. The Morgan fingerprint density at radius 1 is 1.17 bits per heavy atom. The smallest absolute Gasteiger partial charge is 0.344 e. The average Bonchev–Trinajstić information content (AvgIpc) is 2.65. The first-order valence-corrected chi connectivity index (χ1v) is 7.31. The molecule has 6 heteroatoms. The molecule has 0 fully saturated rings. The monoisotopic (exact) mass is 326 g/mol. The summed E-state index contributed by atoms with van der Waals surface area (Å²) in [6.45, 7) is 2.05. The van der Waals surface area contributed by atoms with E-state index in [9.17, 15) is 4.79 Å². The van der Waals surface area contributed by atoms with Crippen LogP contribution in [0.3, 0.4) is 0 Å². The average molecular weight is 326 g/mol. The third-order valence-corrected chi connectivity index (χ3v) is 3.32. The van der Waals surface area contributed by atoms with Gasteiger partial charge in [-0.15, -0.1) is 0 Å². The first-order valence-electron chi connectivity index (χ1n) is 7.31. The molecular formula is C18H18N2O4. The fraction of sp³-hybridized carbons (Fsp3) is 0.278. The van der Waals surface area contributed by atoms with Gasteiger partial charge in [-0.25, -0.2) is 14.8 Å². The van der Waals surface area contributed by atoms with Gasteiger partial charge in [0.25, 0.3) is 0 Å². The molecule has 2 aromatic heterocycles. The van der Waals surface area contributed by atoms with Crippen LogP contribution in [0.15, 0.2) is 24.4 Å². The summed E-state index contributed by atoms with van der Waals surface area (Å²) in [7, 11) is 4.21. The first-order chi connectivity index (χ1) is 11.6. The van der Waals surface area contributed by atoms with Crippen LogP contribution in [0, 0.1) is 11.8 Å². The zero-order valence-electron chi connectivity index (χ0n) is 14.0. The highest BCUT2D eigenvalue weighted by atomic mass is 16.5. The van der Waals surface area contributed by atoms with Crippen molar-refractivity contribution in [1.82, 2.24) is 9.97 Å². The third kappa shape index (κ3) is 3.82. The molecular weight excluding hydrogens is 308 g/mol. The van der Waals surface area contributed by atoms with Crippen LogP contribution in [-0.2, 0) is 11.2 Å². The molecule has 0 aliphatic heterocycles. The van der Waals surface area contributed by atoms with Gasteiger partial charge in [-0.1, -0.05) is 13.0 Å². The molecule has 24 heavy (non-hydrogen) atoms. The molecule has 0 spiro atoms. The van der Waals surface area contributed by atoms with Crippen LogP contribution in [0.5, 0.6) is 11.6 Å². The maximum atomic E-state index is 12.0. The number of ether oxygens (including phenoxy) is 3. The number of esters is 1. The number of nitrogens with zero attached hydrogens (tertiary/aromatic N) is 2. The third-order valence-electron chi connectivity index (χ3n) is 3.32. The summed E-state index contributed by atoms with van der Waals surface area (Å²) < 4.78 is 15.1. The fourth-order valence-corrected chi connectivity index (χ4v) is 1.99. The summed E-state index contributed by atoms with van der Waals surface area (Å²) in [6.07, 6.45) is 2.67. The van der Waals surface area contributed by atoms with Crippen LogP contribution in [0.1, 0.15) is 34.2 Å². The summed E-state index contributed by atoms with van der Waals surface area (Å²) in [5, 5.41) is 0. The van der Waals surface area contributed by atoms with Crippen molar-refractivity contribution in [2.24, 2.45) is 0 Å².